The highest BCUT2D eigenvalue weighted by molar-refractivity contribution is 5.85. The van der Waals surface area contributed by atoms with Gasteiger partial charge in [-0.15, -0.1) is 12.4 Å². The standard InChI is InChI=1S/C9H8N2.ClH/c1-3-8(10-5-1)7-9-4-2-6-11-9;/h1-7,10H;1H/b9-7-;. The third-order valence-electron chi connectivity index (χ3n) is 1.50. The van der Waals surface area contributed by atoms with E-state index in [0.29, 0.717) is 0 Å². The molecule has 0 saturated heterocycles. The van der Waals surface area contributed by atoms with Gasteiger partial charge in [0.2, 0.25) is 0 Å². The van der Waals surface area contributed by atoms with Crippen molar-refractivity contribution in [3.63, 3.8) is 0 Å². The summed E-state index contributed by atoms with van der Waals surface area (Å²) in [6, 6.07) is 3.98. The van der Waals surface area contributed by atoms with E-state index in [0.717, 1.165) is 11.4 Å². The molecule has 0 radical (unpaired) electrons. The average molecular weight is 181 g/mol. The summed E-state index contributed by atoms with van der Waals surface area (Å²) in [6.45, 7) is 0. The fourth-order valence-electron chi connectivity index (χ4n) is 0.992. The lowest BCUT2D eigenvalue weighted by Gasteiger charge is -1.86. The van der Waals surface area contributed by atoms with Crippen molar-refractivity contribution in [1.82, 2.24) is 4.98 Å². The van der Waals surface area contributed by atoms with Crippen LogP contribution in [0.5, 0.6) is 0 Å². The summed E-state index contributed by atoms with van der Waals surface area (Å²) >= 11 is 0. The number of aromatic amines is 1. The van der Waals surface area contributed by atoms with E-state index >= 15 is 0 Å². The van der Waals surface area contributed by atoms with E-state index in [1.807, 2.05) is 36.6 Å². The molecule has 1 aromatic rings. The number of aliphatic imine (C=N–C) groups is 1. The predicted octanol–water partition coefficient (Wildman–Crippen LogP) is 2.42. The van der Waals surface area contributed by atoms with Crippen LogP contribution in [0.1, 0.15) is 5.69 Å². The van der Waals surface area contributed by atoms with Gasteiger partial charge in [-0.1, -0.05) is 0 Å². The van der Waals surface area contributed by atoms with Crippen LogP contribution >= 0.6 is 12.4 Å². The monoisotopic (exact) mass is 180 g/mol. The maximum atomic E-state index is 4.12. The van der Waals surface area contributed by atoms with Gasteiger partial charge in [0, 0.05) is 18.1 Å². The Kier molecular flexibility index (Phi) is 2.88. The van der Waals surface area contributed by atoms with E-state index in [9.17, 15) is 0 Å². The summed E-state index contributed by atoms with van der Waals surface area (Å²) in [6.07, 6.45) is 9.58. The zero-order chi connectivity index (χ0) is 7.52. The maximum Gasteiger partial charge on any atom is 0.0650 e. The van der Waals surface area contributed by atoms with Crippen molar-refractivity contribution in [2.24, 2.45) is 4.99 Å². The summed E-state index contributed by atoms with van der Waals surface area (Å²) in [5, 5.41) is 0. The molecule has 0 spiro atoms. The van der Waals surface area contributed by atoms with Gasteiger partial charge in [-0.2, -0.15) is 0 Å². The number of nitrogens with one attached hydrogen (secondary N) is 1. The van der Waals surface area contributed by atoms with Crippen LogP contribution in [0.3, 0.4) is 0 Å². The molecule has 0 aliphatic carbocycles. The van der Waals surface area contributed by atoms with Gasteiger partial charge in [0.1, 0.15) is 0 Å². The summed E-state index contributed by atoms with van der Waals surface area (Å²) in [5.41, 5.74) is 2.08. The van der Waals surface area contributed by atoms with E-state index < -0.39 is 0 Å². The minimum atomic E-state index is 0. The SMILES string of the molecule is C1=C/C(=C/c2ccc[nH]2)N=C1.Cl. The third kappa shape index (κ3) is 1.86. The first-order chi connectivity index (χ1) is 5.45. The Balaban J connectivity index is 0.000000720. The molecular formula is C9H9ClN2. The fourth-order valence-corrected chi connectivity index (χ4v) is 0.992. The third-order valence-corrected chi connectivity index (χ3v) is 1.50. The molecule has 0 bridgehead atoms. The Bertz CT molecular complexity index is 306. The van der Waals surface area contributed by atoms with Crippen LogP contribution in [0.15, 0.2) is 41.2 Å². The van der Waals surface area contributed by atoms with Crippen molar-refractivity contribution in [3.8, 4) is 0 Å². The number of H-pyrrole nitrogens is 1. The predicted molar refractivity (Wildman–Crippen MR) is 53.6 cm³/mol. The largest absolute Gasteiger partial charge is 0.362 e. The normalized spacial score (nSPS) is 16.8. The molecule has 0 unspecified atom stereocenters. The van der Waals surface area contributed by atoms with Crippen molar-refractivity contribution in [3.05, 3.63) is 41.9 Å². The molecule has 0 aromatic carbocycles. The molecule has 1 aliphatic heterocycles. The Morgan fingerprint density at radius 1 is 1.42 bits per heavy atom. The van der Waals surface area contributed by atoms with Gasteiger partial charge in [-0.05, 0) is 30.4 Å². The highest BCUT2D eigenvalue weighted by Gasteiger charge is 1.93. The number of rotatable bonds is 1. The lowest BCUT2D eigenvalue weighted by Crippen LogP contribution is -1.70. The van der Waals surface area contributed by atoms with E-state index in [4.69, 9.17) is 0 Å². The van der Waals surface area contributed by atoms with Crippen molar-refractivity contribution in [1.29, 1.82) is 0 Å². The summed E-state index contributed by atoms with van der Waals surface area (Å²) in [4.78, 5) is 7.20. The lowest BCUT2D eigenvalue weighted by molar-refractivity contribution is 1.36. The smallest absolute Gasteiger partial charge is 0.0650 e. The number of hydrogen-bond acceptors (Lipinski definition) is 1. The highest BCUT2D eigenvalue weighted by atomic mass is 35.5. The second kappa shape index (κ2) is 3.93. The van der Waals surface area contributed by atoms with Crippen molar-refractivity contribution in [2.45, 2.75) is 0 Å². The van der Waals surface area contributed by atoms with Crippen molar-refractivity contribution < 1.29 is 0 Å². The number of aromatic nitrogens is 1. The average Bonchev–Trinajstić information content (AvgIpc) is 2.60. The molecule has 1 aromatic heterocycles. The van der Waals surface area contributed by atoms with Crippen LogP contribution in [0.25, 0.3) is 6.08 Å². The molecule has 2 heterocycles. The Morgan fingerprint density at radius 2 is 2.33 bits per heavy atom. The minimum absolute atomic E-state index is 0. The van der Waals surface area contributed by atoms with Crippen LogP contribution in [0.2, 0.25) is 0 Å². The van der Waals surface area contributed by atoms with E-state index in [-0.39, 0.29) is 12.4 Å². The molecular weight excluding hydrogens is 172 g/mol. The Morgan fingerprint density at radius 3 is 2.92 bits per heavy atom. The first kappa shape index (κ1) is 8.81. The topological polar surface area (TPSA) is 28.1 Å². The number of hydrogen-bond donors (Lipinski definition) is 1. The zero-order valence-electron chi connectivity index (χ0n) is 6.40. The molecule has 0 saturated carbocycles. The molecule has 0 fully saturated rings. The molecule has 3 heteroatoms. The van der Waals surface area contributed by atoms with Crippen molar-refractivity contribution in [2.75, 3.05) is 0 Å². The molecule has 1 N–H and O–H groups in total. The van der Waals surface area contributed by atoms with E-state index in [2.05, 4.69) is 9.98 Å². The molecule has 1 aliphatic rings. The number of allylic oxidation sites excluding steroid dienone is 2. The Hall–Kier alpha value is -1.28. The number of halogens is 1. The minimum Gasteiger partial charge on any atom is -0.362 e. The quantitative estimate of drug-likeness (QED) is 0.688. The van der Waals surface area contributed by atoms with Gasteiger partial charge in [0.05, 0.1) is 5.70 Å². The van der Waals surface area contributed by atoms with Crippen LogP contribution in [0.4, 0.5) is 0 Å². The lowest BCUT2D eigenvalue weighted by atomic mass is 10.3. The second-order valence-electron chi connectivity index (χ2n) is 2.33. The maximum absolute atomic E-state index is 4.12. The van der Waals surface area contributed by atoms with E-state index in [1.165, 1.54) is 0 Å². The highest BCUT2D eigenvalue weighted by Crippen LogP contribution is 2.09. The first-order valence-electron chi connectivity index (χ1n) is 3.51. The molecule has 12 heavy (non-hydrogen) atoms. The molecule has 2 nitrogen and oxygen atoms in total. The van der Waals surface area contributed by atoms with Gasteiger partial charge in [0.15, 0.2) is 0 Å². The van der Waals surface area contributed by atoms with Gasteiger partial charge in [0.25, 0.3) is 0 Å². The fraction of sp³-hybridized carbons (Fsp3) is 0. The van der Waals surface area contributed by atoms with Gasteiger partial charge >= 0.3 is 0 Å². The summed E-state index contributed by atoms with van der Waals surface area (Å²) in [7, 11) is 0. The number of nitrogens with zero attached hydrogens (tertiary/aromatic N) is 1. The summed E-state index contributed by atoms with van der Waals surface area (Å²) < 4.78 is 0. The first-order valence-corrected chi connectivity index (χ1v) is 3.51. The van der Waals surface area contributed by atoms with Gasteiger partial charge in [-0.25, -0.2) is 0 Å². The summed E-state index contributed by atoms with van der Waals surface area (Å²) in [5.74, 6) is 0. The van der Waals surface area contributed by atoms with Crippen LogP contribution in [-0.4, -0.2) is 11.2 Å². The van der Waals surface area contributed by atoms with Crippen LogP contribution in [-0.2, 0) is 0 Å². The molecule has 2 rings (SSSR count). The van der Waals surface area contributed by atoms with Crippen molar-refractivity contribution >= 4 is 24.7 Å². The van der Waals surface area contributed by atoms with E-state index in [1.54, 1.807) is 6.21 Å². The second-order valence-corrected chi connectivity index (χ2v) is 2.33. The van der Waals surface area contributed by atoms with Crippen LogP contribution in [0, 0.1) is 0 Å². The zero-order valence-corrected chi connectivity index (χ0v) is 7.21. The van der Waals surface area contributed by atoms with Gasteiger partial charge < -0.3 is 4.98 Å². The molecule has 0 amide bonds. The molecule has 62 valence electrons. The van der Waals surface area contributed by atoms with Gasteiger partial charge in [-0.3, -0.25) is 4.99 Å². The molecule has 0 atom stereocenters. The Labute approximate surface area is 77.1 Å². The van der Waals surface area contributed by atoms with Crippen LogP contribution < -0.4 is 0 Å².